The third-order valence-corrected chi connectivity index (χ3v) is 3.42. The Hall–Kier alpha value is -1.26. The van der Waals surface area contributed by atoms with Crippen LogP contribution in [0.4, 0.5) is 5.82 Å². The van der Waals surface area contributed by atoms with Gasteiger partial charge in [-0.3, -0.25) is 4.57 Å². The highest BCUT2D eigenvalue weighted by Gasteiger charge is 2.54. The number of anilines is 1. The molecular formula is C11H14BrN3O5. The number of aliphatic hydroxyl groups excluding tert-OH is 3. The summed E-state index contributed by atoms with van der Waals surface area (Å²) in [4.78, 5) is 16.9. The van der Waals surface area contributed by atoms with E-state index in [1.807, 2.05) is 0 Å². The third kappa shape index (κ3) is 2.27. The van der Waals surface area contributed by atoms with Gasteiger partial charge in [-0.1, -0.05) is 15.9 Å². The second-order valence-electron chi connectivity index (χ2n) is 4.32. The zero-order chi connectivity index (χ0) is 14.9. The Morgan fingerprint density at radius 1 is 1.60 bits per heavy atom. The van der Waals surface area contributed by atoms with E-state index in [4.69, 9.17) is 15.6 Å². The minimum absolute atomic E-state index is 0.0240. The maximum absolute atomic E-state index is 11.9. The van der Waals surface area contributed by atoms with Crippen molar-refractivity contribution in [1.82, 2.24) is 9.55 Å². The molecular weight excluding hydrogens is 334 g/mol. The molecule has 110 valence electrons. The molecule has 0 aliphatic carbocycles. The van der Waals surface area contributed by atoms with E-state index in [2.05, 4.69) is 20.9 Å². The number of hydrogen-bond acceptors (Lipinski definition) is 7. The van der Waals surface area contributed by atoms with Crippen LogP contribution in [0.1, 0.15) is 0 Å². The molecule has 5 N–H and O–H groups in total. The molecule has 9 heteroatoms. The summed E-state index contributed by atoms with van der Waals surface area (Å²) < 4.78 is 6.49. The fourth-order valence-electron chi connectivity index (χ4n) is 2.17. The van der Waals surface area contributed by atoms with Crippen molar-refractivity contribution in [2.24, 2.45) is 0 Å². The Bertz CT molecular complexity index is 577. The Labute approximate surface area is 122 Å². The molecule has 1 fully saturated rings. The van der Waals surface area contributed by atoms with Crippen molar-refractivity contribution in [3.05, 3.63) is 33.8 Å². The minimum atomic E-state index is -1.67. The lowest BCUT2D eigenvalue weighted by atomic mass is 10.0. The Balaban J connectivity index is 2.59. The van der Waals surface area contributed by atoms with Crippen LogP contribution in [0, 0.1) is 0 Å². The quantitative estimate of drug-likeness (QED) is 0.523. The van der Waals surface area contributed by atoms with E-state index >= 15 is 0 Å². The van der Waals surface area contributed by atoms with E-state index in [9.17, 15) is 15.0 Å². The average molecular weight is 348 g/mol. The van der Waals surface area contributed by atoms with E-state index < -0.39 is 36.3 Å². The number of halogens is 1. The zero-order valence-corrected chi connectivity index (χ0v) is 11.8. The van der Waals surface area contributed by atoms with Gasteiger partial charge in [0, 0.05) is 6.20 Å². The number of aliphatic hydroxyl groups is 3. The van der Waals surface area contributed by atoms with Gasteiger partial charge in [0.25, 0.3) is 0 Å². The summed E-state index contributed by atoms with van der Waals surface area (Å²) in [5.74, 6) is 0.0240. The summed E-state index contributed by atoms with van der Waals surface area (Å²) >= 11 is 3.04. The van der Waals surface area contributed by atoms with Crippen molar-refractivity contribution in [3.63, 3.8) is 0 Å². The molecule has 8 nitrogen and oxygen atoms in total. The van der Waals surface area contributed by atoms with Gasteiger partial charge in [0.15, 0.2) is 5.72 Å². The number of hydrogen-bond donors (Lipinski definition) is 4. The lowest BCUT2D eigenvalue weighted by Crippen LogP contribution is -2.49. The van der Waals surface area contributed by atoms with Crippen LogP contribution in [0.25, 0.3) is 0 Å². The molecule has 1 aromatic heterocycles. The lowest BCUT2D eigenvalue weighted by Gasteiger charge is -2.30. The highest BCUT2D eigenvalue weighted by molar-refractivity contribution is 9.11. The summed E-state index contributed by atoms with van der Waals surface area (Å²) in [5, 5.41) is 29.3. The third-order valence-electron chi connectivity index (χ3n) is 3.15. The molecule has 0 radical (unpaired) electrons. The Morgan fingerprint density at radius 2 is 2.30 bits per heavy atom. The van der Waals surface area contributed by atoms with Crippen LogP contribution in [-0.4, -0.2) is 49.8 Å². The molecule has 0 spiro atoms. The molecule has 2 heterocycles. The predicted molar refractivity (Wildman–Crippen MR) is 72.9 cm³/mol. The molecule has 0 amide bonds. The number of aromatic nitrogens is 2. The largest absolute Gasteiger partial charge is 0.394 e. The van der Waals surface area contributed by atoms with Crippen molar-refractivity contribution >= 4 is 21.7 Å². The molecule has 1 aromatic rings. The number of ether oxygens (including phenoxy) is 1. The predicted octanol–water partition coefficient (Wildman–Crippen LogP) is -1.50. The van der Waals surface area contributed by atoms with Crippen LogP contribution in [0.3, 0.4) is 0 Å². The van der Waals surface area contributed by atoms with Gasteiger partial charge in [-0.2, -0.15) is 4.98 Å². The first-order valence-corrected chi connectivity index (χ1v) is 6.66. The van der Waals surface area contributed by atoms with Gasteiger partial charge >= 0.3 is 5.69 Å². The monoisotopic (exact) mass is 347 g/mol. The minimum Gasteiger partial charge on any atom is -0.394 e. The molecule has 20 heavy (non-hydrogen) atoms. The molecule has 4 atom stereocenters. The molecule has 0 aromatic carbocycles. The fourth-order valence-corrected chi connectivity index (χ4v) is 2.54. The van der Waals surface area contributed by atoms with Crippen LogP contribution in [-0.2, 0) is 10.5 Å². The summed E-state index contributed by atoms with van der Waals surface area (Å²) in [6.45, 7) is -0.507. The summed E-state index contributed by atoms with van der Waals surface area (Å²) in [7, 11) is 0. The molecule has 1 aliphatic heterocycles. The molecule has 0 bridgehead atoms. The van der Waals surface area contributed by atoms with Gasteiger partial charge in [-0.15, -0.1) is 0 Å². The highest BCUT2D eigenvalue weighted by Crippen LogP contribution is 2.36. The van der Waals surface area contributed by atoms with Crippen LogP contribution in [0.5, 0.6) is 0 Å². The van der Waals surface area contributed by atoms with Crippen molar-refractivity contribution in [1.29, 1.82) is 0 Å². The maximum Gasteiger partial charge on any atom is 0.352 e. The van der Waals surface area contributed by atoms with Gasteiger partial charge < -0.3 is 25.8 Å². The number of nitrogen functional groups attached to an aromatic ring is 1. The smallest absolute Gasteiger partial charge is 0.352 e. The summed E-state index contributed by atoms with van der Waals surface area (Å²) in [6.07, 6.45) is -1.20. The van der Waals surface area contributed by atoms with Crippen molar-refractivity contribution < 1.29 is 20.1 Å². The topological polar surface area (TPSA) is 131 Å². The zero-order valence-electron chi connectivity index (χ0n) is 10.3. The van der Waals surface area contributed by atoms with Crippen LogP contribution >= 0.6 is 15.9 Å². The van der Waals surface area contributed by atoms with E-state index in [0.29, 0.717) is 0 Å². The molecule has 1 saturated heterocycles. The summed E-state index contributed by atoms with van der Waals surface area (Å²) in [5.41, 5.74) is 2.99. The molecule has 2 rings (SSSR count). The highest BCUT2D eigenvalue weighted by atomic mass is 79.9. The normalized spacial score (nSPS) is 33.9. The van der Waals surface area contributed by atoms with Crippen molar-refractivity contribution in [2.45, 2.75) is 24.0 Å². The Kier molecular flexibility index (Phi) is 4.25. The van der Waals surface area contributed by atoms with Crippen molar-refractivity contribution in [3.8, 4) is 0 Å². The second kappa shape index (κ2) is 5.62. The van der Waals surface area contributed by atoms with E-state index in [0.717, 1.165) is 4.57 Å². The molecule has 0 saturated carbocycles. The fraction of sp³-hybridized carbons (Fsp3) is 0.455. The first kappa shape index (κ1) is 15.1. The molecule has 1 aliphatic rings. The number of rotatable bonds is 3. The first-order valence-electron chi connectivity index (χ1n) is 5.74. The van der Waals surface area contributed by atoms with Gasteiger partial charge in [-0.25, -0.2) is 4.79 Å². The van der Waals surface area contributed by atoms with Crippen LogP contribution < -0.4 is 11.4 Å². The second-order valence-corrected chi connectivity index (χ2v) is 4.85. The number of nitrogens with zero attached hydrogens (tertiary/aromatic N) is 2. The van der Waals surface area contributed by atoms with Gasteiger partial charge in [0.05, 0.1) is 6.61 Å². The number of nitrogens with two attached hydrogens (primary N) is 1. The average Bonchev–Trinajstić information content (AvgIpc) is 2.65. The van der Waals surface area contributed by atoms with E-state index in [-0.39, 0.29) is 5.82 Å². The van der Waals surface area contributed by atoms with Crippen LogP contribution in [0.2, 0.25) is 0 Å². The van der Waals surface area contributed by atoms with E-state index in [1.165, 1.54) is 23.3 Å². The summed E-state index contributed by atoms with van der Waals surface area (Å²) in [6, 6.07) is 1.36. The Morgan fingerprint density at radius 3 is 2.80 bits per heavy atom. The van der Waals surface area contributed by atoms with E-state index in [1.54, 1.807) is 0 Å². The molecule has 0 unspecified atom stereocenters. The van der Waals surface area contributed by atoms with Gasteiger partial charge in [-0.05, 0) is 17.1 Å². The van der Waals surface area contributed by atoms with Crippen LogP contribution in [0.15, 0.2) is 28.1 Å². The lowest BCUT2D eigenvalue weighted by molar-refractivity contribution is -0.114. The van der Waals surface area contributed by atoms with Crippen molar-refractivity contribution in [2.75, 3.05) is 12.3 Å². The SMILES string of the molecule is Nc1ccn([C@]2(C=CBr)O[C@H](CO)[C@@H](O)[C@H]2O)c(=O)n1. The maximum atomic E-state index is 11.9. The van der Waals surface area contributed by atoms with Gasteiger partial charge in [0.2, 0.25) is 0 Å². The standard InChI is InChI=1S/C11H14BrN3O5/c12-3-2-11(9(18)8(17)6(5-16)20-11)15-4-1-7(13)14-10(15)19/h1-4,6,8-9,16-18H,5H2,(H2,13,14,19)/t6-,8-,9-,11-/m1/s1. The first-order chi connectivity index (χ1) is 9.46. The van der Waals surface area contributed by atoms with Gasteiger partial charge in [0.1, 0.15) is 24.1 Å².